The lowest BCUT2D eigenvalue weighted by atomic mass is 9.95. The van der Waals surface area contributed by atoms with Crippen LogP contribution in [0.15, 0.2) is 237 Å². The first-order chi connectivity index (χ1) is 33.6. The third-order valence-electron chi connectivity index (χ3n) is 13.1. The van der Waals surface area contributed by atoms with Crippen LogP contribution < -0.4 is 0 Å². The number of para-hydroxylation sites is 1. The maximum absolute atomic E-state index is 5.35. The van der Waals surface area contributed by atoms with Crippen molar-refractivity contribution in [3.8, 4) is 78.5 Å². The number of benzene rings is 8. The summed E-state index contributed by atoms with van der Waals surface area (Å²) in [6.45, 7) is 0. The molecule has 13 rings (SSSR count). The molecule has 5 heteroatoms. The molecule has 13 aromatic rings. The van der Waals surface area contributed by atoms with Crippen LogP contribution in [-0.4, -0.2) is 24.9 Å². The van der Waals surface area contributed by atoms with Crippen molar-refractivity contribution in [2.45, 2.75) is 0 Å². The van der Waals surface area contributed by atoms with E-state index in [2.05, 4.69) is 205 Å². The van der Waals surface area contributed by atoms with E-state index in [4.69, 9.17) is 19.9 Å². The molecule has 8 aromatic carbocycles. The topological polar surface area (TPSA) is 64.5 Å². The molecular weight excluding hydrogens is 827 g/mol. The third-order valence-corrected chi connectivity index (χ3v) is 13.1. The minimum atomic E-state index is 0.813. The van der Waals surface area contributed by atoms with Crippen LogP contribution in [0.25, 0.3) is 133 Å². The lowest BCUT2D eigenvalue weighted by Crippen LogP contribution is -1.94. The van der Waals surface area contributed by atoms with Crippen LogP contribution in [-0.2, 0) is 0 Å². The largest absolute Gasteiger partial charge is 0.256 e. The highest BCUT2D eigenvalue weighted by Gasteiger charge is 2.16. The fourth-order valence-corrected chi connectivity index (χ4v) is 9.62. The molecular formula is C63H39N5. The van der Waals surface area contributed by atoms with Crippen molar-refractivity contribution in [2.24, 2.45) is 0 Å². The van der Waals surface area contributed by atoms with E-state index < -0.39 is 0 Å². The Morgan fingerprint density at radius 3 is 1.62 bits per heavy atom. The van der Waals surface area contributed by atoms with Crippen molar-refractivity contribution in [2.75, 3.05) is 0 Å². The highest BCUT2D eigenvalue weighted by atomic mass is 14.8. The van der Waals surface area contributed by atoms with Crippen LogP contribution in [0.2, 0.25) is 0 Å². The molecule has 68 heavy (non-hydrogen) atoms. The average molecular weight is 866 g/mol. The summed E-state index contributed by atoms with van der Waals surface area (Å²) in [4.78, 5) is 25.3. The second-order valence-electron chi connectivity index (χ2n) is 17.3. The predicted molar refractivity (Wildman–Crippen MR) is 281 cm³/mol. The zero-order chi connectivity index (χ0) is 45.0. The molecule has 0 saturated heterocycles. The lowest BCUT2D eigenvalue weighted by molar-refractivity contribution is 1.25. The molecule has 0 N–H and O–H groups in total. The van der Waals surface area contributed by atoms with Crippen LogP contribution in [0.4, 0.5) is 0 Å². The summed E-state index contributed by atoms with van der Waals surface area (Å²) in [7, 11) is 0. The zero-order valence-corrected chi connectivity index (χ0v) is 36.8. The van der Waals surface area contributed by atoms with Gasteiger partial charge in [-0.1, -0.05) is 158 Å². The van der Waals surface area contributed by atoms with Gasteiger partial charge in [-0.25, -0.2) is 15.0 Å². The first-order valence-electron chi connectivity index (χ1n) is 22.9. The molecule has 5 aromatic heterocycles. The molecule has 0 fully saturated rings. The monoisotopic (exact) mass is 865 g/mol. The van der Waals surface area contributed by atoms with Gasteiger partial charge < -0.3 is 0 Å². The number of nitrogens with zero attached hydrogens (tertiary/aromatic N) is 5. The van der Waals surface area contributed by atoms with Gasteiger partial charge in [0.05, 0.1) is 45.0 Å². The van der Waals surface area contributed by atoms with Crippen molar-refractivity contribution in [3.05, 3.63) is 237 Å². The van der Waals surface area contributed by atoms with Crippen LogP contribution >= 0.6 is 0 Å². The van der Waals surface area contributed by atoms with Gasteiger partial charge in [0.25, 0.3) is 0 Å². The second kappa shape index (κ2) is 16.4. The Kier molecular flexibility index (Phi) is 9.43. The molecule has 0 radical (unpaired) electrons. The van der Waals surface area contributed by atoms with Crippen molar-refractivity contribution in [1.82, 2.24) is 24.9 Å². The molecule has 0 saturated carbocycles. The van der Waals surface area contributed by atoms with Gasteiger partial charge in [-0.3, -0.25) is 9.97 Å². The normalized spacial score (nSPS) is 11.5. The average Bonchev–Trinajstić information content (AvgIpc) is 3.42. The molecule has 0 aliphatic rings. The smallest absolute Gasteiger partial charge is 0.0978 e. The Hall–Kier alpha value is -9.19. The standard InChI is InChI=1S/C63H39N5/c1-3-11-40(12-4-1)49-28-31-58(65-39-49)60-38-52(37-59(66-60)42-20-18-41(19-21-42)55-16-9-10-32-64-55)47-23-22-45-34-51-36-48(25-24-46(51)33-50(45)35-47)56-30-27-44-26-29-54-61(43-13-5-2-6-14-43)53-15-7-8-17-57(53)68-63(54)62(44)67-56/h1-39H. The zero-order valence-electron chi connectivity index (χ0n) is 36.8. The molecule has 0 amide bonds. The Balaban J connectivity index is 0.878. The summed E-state index contributed by atoms with van der Waals surface area (Å²) in [6.07, 6.45) is 3.76. The van der Waals surface area contributed by atoms with E-state index in [0.717, 1.165) is 122 Å². The molecule has 0 spiro atoms. The van der Waals surface area contributed by atoms with Gasteiger partial charge in [0, 0.05) is 56.4 Å². The van der Waals surface area contributed by atoms with Gasteiger partial charge in [-0.15, -0.1) is 0 Å². The van der Waals surface area contributed by atoms with E-state index in [1.807, 2.05) is 36.7 Å². The molecule has 5 nitrogen and oxygen atoms in total. The highest BCUT2D eigenvalue weighted by Crippen LogP contribution is 2.39. The van der Waals surface area contributed by atoms with Crippen molar-refractivity contribution < 1.29 is 0 Å². The minimum Gasteiger partial charge on any atom is -0.256 e. The molecule has 0 unspecified atom stereocenters. The van der Waals surface area contributed by atoms with Gasteiger partial charge in [0.15, 0.2) is 0 Å². The molecule has 316 valence electrons. The Bertz CT molecular complexity index is 3940. The molecule has 0 aliphatic heterocycles. The fraction of sp³-hybridized carbons (Fsp3) is 0. The maximum Gasteiger partial charge on any atom is 0.0978 e. The van der Waals surface area contributed by atoms with E-state index in [1.54, 1.807) is 0 Å². The Morgan fingerprint density at radius 2 is 0.868 bits per heavy atom. The lowest BCUT2D eigenvalue weighted by Gasteiger charge is -2.13. The first-order valence-corrected chi connectivity index (χ1v) is 22.9. The Morgan fingerprint density at radius 1 is 0.250 bits per heavy atom. The summed E-state index contributed by atoms with van der Waals surface area (Å²) in [5, 5.41) is 7.95. The van der Waals surface area contributed by atoms with Gasteiger partial charge in [0.1, 0.15) is 0 Å². The van der Waals surface area contributed by atoms with Gasteiger partial charge in [-0.05, 0) is 111 Å². The molecule has 0 atom stereocenters. The quantitative estimate of drug-likeness (QED) is 0.118. The van der Waals surface area contributed by atoms with E-state index in [-0.39, 0.29) is 0 Å². The summed E-state index contributed by atoms with van der Waals surface area (Å²) in [6, 6.07) is 79.0. The van der Waals surface area contributed by atoms with Crippen LogP contribution in [0.1, 0.15) is 0 Å². The predicted octanol–water partition coefficient (Wildman–Crippen LogP) is 16.1. The summed E-state index contributed by atoms with van der Waals surface area (Å²) >= 11 is 0. The van der Waals surface area contributed by atoms with Crippen LogP contribution in [0.3, 0.4) is 0 Å². The number of rotatable bonds is 7. The van der Waals surface area contributed by atoms with Crippen LogP contribution in [0.5, 0.6) is 0 Å². The highest BCUT2D eigenvalue weighted by molar-refractivity contribution is 6.16. The summed E-state index contributed by atoms with van der Waals surface area (Å²) < 4.78 is 0. The number of fused-ring (bicyclic) bond motifs is 6. The van der Waals surface area contributed by atoms with E-state index in [0.29, 0.717) is 0 Å². The van der Waals surface area contributed by atoms with Crippen molar-refractivity contribution in [1.29, 1.82) is 0 Å². The number of hydrogen-bond acceptors (Lipinski definition) is 5. The van der Waals surface area contributed by atoms with Crippen LogP contribution in [0, 0.1) is 0 Å². The number of aromatic nitrogens is 5. The van der Waals surface area contributed by atoms with Gasteiger partial charge in [0.2, 0.25) is 0 Å². The second-order valence-corrected chi connectivity index (χ2v) is 17.3. The van der Waals surface area contributed by atoms with Gasteiger partial charge in [-0.2, -0.15) is 0 Å². The van der Waals surface area contributed by atoms with Crippen molar-refractivity contribution in [3.63, 3.8) is 0 Å². The number of hydrogen-bond donors (Lipinski definition) is 0. The van der Waals surface area contributed by atoms with E-state index in [9.17, 15) is 0 Å². The third kappa shape index (κ3) is 7.11. The minimum absolute atomic E-state index is 0.813. The Labute approximate surface area is 392 Å². The van der Waals surface area contributed by atoms with E-state index in [1.165, 1.54) is 11.1 Å². The molecule has 5 heterocycles. The summed E-state index contributed by atoms with van der Waals surface area (Å²) in [5.41, 5.74) is 17.0. The molecule has 0 bridgehead atoms. The molecule has 0 aliphatic carbocycles. The van der Waals surface area contributed by atoms with Crippen molar-refractivity contribution >= 4 is 54.3 Å². The number of pyridine rings is 5. The summed E-state index contributed by atoms with van der Waals surface area (Å²) in [5.74, 6) is 0. The SMILES string of the molecule is c1ccc(-c2ccc(-c3cc(-c4ccc5cc6cc(-c7ccc8ccc9c(-c%10ccccc%10)c%10ccccc%10nc9c8n7)ccc6cc5c4)cc(-c4ccc(-c5ccccn5)cc4)n3)nc2)cc1. The maximum atomic E-state index is 5.35. The first kappa shape index (κ1) is 39.2. The van der Waals surface area contributed by atoms with Gasteiger partial charge >= 0.3 is 0 Å². The van der Waals surface area contributed by atoms with E-state index >= 15 is 0 Å². The fourth-order valence-electron chi connectivity index (χ4n) is 9.62.